The Morgan fingerprint density at radius 1 is 0.489 bits per heavy atom. The van der Waals surface area contributed by atoms with Crippen molar-refractivity contribution in [2.45, 2.75) is 166 Å². The summed E-state index contributed by atoms with van der Waals surface area (Å²) in [7, 11) is -5.78. The number of hydrogen-bond acceptors (Lipinski definition) is 10. The number of thiophene rings is 2. The second-order valence-corrected chi connectivity index (χ2v) is 37.8. The molecule has 0 unspecified atom stereocenters. The van der Waals surface area contributed by atoms with Crippen LogP contribution in [-0.4, -0.2) is 72.8 Å². The first-order chi connectivity index (χ1) is 44.2. The lowest BCUT2D eigenvalue weighted by Gasteiger charge is -2.45. The smallest absolute Gasteiger partial charge is 0.303 e. The number of aliphatic carboxylic acids is 2. The van der Waals surface area contributed by atoms with E-state index in [2.05, 4.69) is 224 Å². The van der Waals surface area contributed by atoms with E-state index in [1.165, 1.54) is 45.8 Å². The third-order valence-corrected chi connectivity index (χ3v) is 31.3. The molecule has 8 atom stereocenters. The Morgan fingerprint density at radius 3 is 1.24 bits per heavy atom. The van der Waals surface area contributed by atoms with Crippen molar-refractivity contribution in [3.63, 3.8) is 0 Å². The first-order valence-corrected chi connectivity index (χ1v) is 38.3. The van der Waals surface area contributed by atoms with Gasteiger partial charge in [0.1, 0.15) is 11.6 Å². The summed E-state index contributed by atoms with van der Waals surface area (Å²) in [6, 6.07) is 64.1. The van der Waals surface area contributed by atoms with Crippen LogP contribution < -0.4 is 20.7 Å². The lowest BCUT2D eigenvalue weighted by Crippen LogP contribution is -2.66. The van der Waals surface area contributed by atoms with E-state index in [1.54, 1.807) is 22.7 Å². The van der Waals surface area contributed by atoms with E-state index in [1.807, 2.05) is 24.3 Å². The Kier molecular flexibility index (Phi) is 24.2. The van der Waals surface area contributed by atoms with E-state index in [0.29, 0.717) is 64.2 Å². The maximum atomic E-state index is 13.3. The summed E-state index contributed by atoms with van der Waals surface area (Å²) in [6.07, 6.45) is 13.2. The van der Waals surface area contributed by atoms with Gasteiger partial charge in [0.2, 0.25) is 0 Å². The van der Waals surface area contributed by atoms with Crippen molar-refractivity contribution in [3.05, 3.63) is 216 Å². The van der Waals surface area contributed by atoms with Crippen LogP contribution in [0.5, 0.6) is 0 Å². The Morgan fingerprint density at radius 2 is 0.848 bits per heavy atom. The Labute approximate surface area is 554 Å². The van der Waals surface area contributed by atoms with E-state index < -0.39 is 40.8 Å². The maximum Gasteiger partial charge on any atom is 0.303 e. The molecule has 2 saturated carbocycles. The topological polar surface area (TPSA) is 168 Å². The van der Waals surface area contributed by atoms with Crippen LogP contribution >= 0.6 is 22.7 Å². The largest absolute Gasteiger partial charge is 0.481 e. The highest BCUT2D eigenvalue weighted by Crippen LogP contribution is 2.48. The van der Waals surface area contributed by atoms with Gasteiger partial charge in [-0.3, -0.25) is 19.2 Å². The zero-order valence-corrected chi connectivity index (χ0v) is 57.8. The number of hydrogen-bond donors (Lipinski definition) is 4. The van der Waals surface area contributed by atoms with E-state index in [0.717, 1.165) is 4.88 Å². The molecule has 14 heteroatoms. The first kappa shape index (κ1) is 69.6. The molecule has 10 nitrogen and oxygen atoms in total. The summed E-state index contributed by atoms with van der Waals surface area (Å²) in [5, 5.41) is 46.7. The second kappa shape index (κ2) is 31.9. The van der Waals surface area contributed by atoms with Crippen molar-refractivity contribution in [2.75, 3.05) is 0 Å². The standard InChI is InChI=1S/2C39H46O5SSi/c2*1-39(2,3)46(29-17-8-6-9-18-29,30-19-10-7-11-20-30)44-35(37-26-28-16-14-15-22-36(28)45-37)25-24-32-31(33(40)27-34(32)41)21-12-4-5-13-23-38(42)43/h4,6-12,14-20,22,26,31-32,34-35,41H,5,13,21,23-25,27H2,1-3H3,(H,42,43);4,6-12,14-20,22,26,31-33,35,40H,5,13,21,23-25,27H2,1-3H3,(H,42,43)/b2*12-4-/t31-,32-,34-,35-;31-,32-,33+,35-/m11/s1. The number of carbonyl (C=O) groups excluding carboxylic acids is 2. The van der Waals surface area contributed by atoms with Gasteiger partial charge in [0.25, 0.3) is 16.6 Å². The predicted molar refractivity (Wildman–Crippen MR) is 381 cm³/mol. The number of carbonyl (C=O) groups is 4. The fourth-order valence-electron chi connectivity index (χ4n) is 14.2. The molecule has 484 valence electrons. The SMILES string of the molecule is CC(C)(C)[Si](O[C@H](CC[C@H]1C(=O)C[C@H](O)[C@@H]1C/C=C\CCCC(=O)O)c1cc2ccccc2s1)(c1ccccc1)c1ccccc1.CC(C)(C)[Si](O[C@H](CC[C@H]1[C@H](O)CC(=O)[C@@H]1C/C=C\CCCC(=O)O)c1cc2ccccc2s1)(c1ccccc1)c1ccccc1. The molecule has 2 aliphatic rings. The molecule has 0 aliphatic heterocycles. The number of carboxylic acid groups (broad SMARTS) is 2. The van der Waals surface area contributed by atoms with Crippen LogP contribution in [0.4, 0.5) is 0 Å². The van der Waals surface area contributed by atoms with E-state index in [9.17, 15) is 29.4 Å². The van der Waals surface area contributed by atoms with Crippen LogP contribution in [-0.2, 0) is 28.0 Å². The molecule has 2 aliphatic carbocycles. The second-order valence-electron chi connectivity index (χ2n) is 27.1. The van der Waals surface area contributed by atoms with Gasteiger partial charge >= 0.3 is 11.9 Å². The molecule has 0 amide bonds. The van der Waals surface area contributed by atoms with Crippen LogP contribution in [0.2, 0.25) is 10.1 Å². The number of ketones is 2. The summed E-state index contributed by atoms with van der Waals surface area (Å²) >= 11 is 3.54. The minimum atomic E-state index is -2.89. The number of carboxylic acids is 2. The lowest BCUT2D eigenvalue weighted by molar-refractivity contribution is -0.138. The molecule has 6 aromatic carbocycles. The van der Waals surface area contributed by atoms with Crippen LogP contribution in [0.25, 0.3) is 20.2 Å². The van der Waals surface area contributed by atoms with Crippen molar-refractivity contribution >= 4 is 104 Å². The molecular weight excluding hydrogens is 1220 g/mol. The predicted octanol–water partition coefficient (Wildman–Crippen LogP) is 16.1. The maximum absolute atomic E-state index is 13.3. The lowest BCUT2D eigenvalue weighted by atomic mass is 9.86. The van der Waals surface area contributed by atoms with Crippen molar-refractivity contribution in [2.24, 2.45) is 23.7 Å². The molecule has 0 saturated heterocycles. The average Bonchev–Trinajstić information content (AvgIpc) is 0.855. The van der Waals surface area contributed by atoms with Gasteiger partial charge in [-0.1, -0.05) is 224 Å². The highest BCUT2D eigenvalue weighted by Gasteiger charge is 2.54. The molecule has 0 spiro atoms. The van der Waals surface area contributed by atoms with Crippen LogP contribution in [0.3, 0.4) is 0 Å². The number of aliphatic hydroxyl groups is 2. The van der Waals surface area contributed by atoms with Gasteiger partial charge in [-0.25, -0.2) is 0 Å². The number of benzene rings is 6. The van der Waals surface area contributed by atoms with Crippen molar-refractivity contribution < 1.29 is 48.5 Å². The van der Waals surface area contributed by atoms with Crippen molar-refractivity contribution in [1.29, 1.82) is 0 Å². The highest BCUT2D eigenvalue weighted by atomic mass is 32.1. The average molecular weight is 1310 g/mol. The van der Waals surface area contributed by atoms with Gasteiger partial charge in [-0.2, -0.15) is 0 Å². The minimum absolute atomic E-state index is 0.110. The normalized spacial score (nSPS) is 19.7. The summed E-state index contributed by atoms with van der Waals surface area (Å²) in [4.78, 5) is 50.4. The number of allylic oxidation sites excluding steroid dienone is 4. The van der Waals surface area contributed by atoms with E-state index in [4.69, 9.17) is 19.1 Å². The van der Waals surface area contributed by atoms with Gasteiger partial charge in [-0.05, 0) is 142 Å². The summed E-state index contributed by atoms with van der Waals surface area (Å²) in [6.45, 7) is 13.7. The van der Waals surface area contributed by atoms with Gasteiger partial charge in [0.05, 0.1) is 24.4 Å². The monoisotopic (exact) mass is 1310 g/mol. The molecule has 0 radical (unpaired) electrons. The van der Waals surface area contributed by atoms with Crippen LogP contribution in [0.1, 0.15) is 153 Å². The summed E-state index contributed by atoms with van der Waals surface area (Å²) in [5.74, 6) is -2.17. The fourth-order valence-corrected chi connectivity index (χ4v) is 26.0. The number of rotatable bonds is 28. The number of fused-ring (bicyclic) bond motifs is 2. The number of Topliss-reactive ketones (excluding diaryl/α,β-unsaturated/α-hetero) is 2. The molecule has 10 rings (SSSR count). The zero-order chi connectivity index (χ0) is 65.5. The Hall–Kier alpha value is -6.73. The molecule has 0 bridgehead atoms. The van der Waals surface area contributed by atoms with Crippen molar-refractivity contribution in [1.82, 2.24) is 0 Å². The van der Waals surface area contributed by atoms with Gasteiger partial charge in [-0.15, -0.1) is 22.7 Å². The van der Waals surface area contributed by atoms with Gasteiger partial charge in [0.15, 0.2) is 0 Å². The Balaban J connectivity index is 0.000000217. The van der Waals surface area contributed by atoms with Gasteiger partial charge < -0.3 is 29.3 Å². The summed E-state index contributed by atoms with van der Waals surface area (Å²) < 4.78 is 17.9. The van der Waals surface area contributed by atoms with Crippen molar-refractivity contribution in [3.8, 4) is 0 Å². The molecule has 92 heavy (non-hydrogen) atoms. The molecule has 4 N–H and O–H groups in total. The van der Waals surface area contributed by atoms with E-state index >= 15 is 0 Å². The highest BCUT2D eigenvalue weighted by molar-refractivity contribution is 7.19. The zero-order valence-electron chi connectivity index (χ0n) is 54.2. The molecule has 8 aromatic rings. The third kappa shape index (κ3) is 16.8. The quantitative estimate of drug-likeness (QED) is 0.0210. The minimum Gasteiger partial charge on any atom is -0.481 e. The number of aliphatic hydroxyl groups excluding tert-OH is 2. The van der Waals surface area contributed by atoms with Gasteiger partial charge in [0, 0.05) is 56.7 Å². The third-order valence-electron chi connectivity index (χ3n) is 18.8. The first-order valence-electron chi connectivity index (χ1n) is 32.9. The molecule has 2 aromatic heterocycles. The molecule has 2 heterocycles. The van der Waals surface area contributed by atoms with Crippen LogP contribution in [0, 0.1) is 23.7 Å². The molecule has 2 fully saturated rings. The van der Waals surface area contributed by atoms with Crippen LogP contribution in [0.15, 0.2) is 206 Å². The number of unbranched alkanes of at least 4 members (excludes halogenated alkanes) is 2. The Bertz CT molecular complexity index is 3590. The molecular formula is C78H92O10S2Si2. The fraction of sp³-hybridized carbons (Fsp3) is 0.385. The van der Waals surface area contributed by atoms with E-state index in [-0.39, 0.29) is 83.2 Å². The summed E-state index contributed by atoms with van der Waals surface area (Å²) in [5.41, 5.74) is 0.